The van der Waals surface area contributed by atoms with Crippen molar-refractivity contribution >= 4 is 33.2 Å². The number of alkyl halides is 3. The van der Waals surface area contributed by atoms with E-state index in [1.165, 1.54) is 0 Å². The molecule has 20 heavy (non-hydrogen) atoms. The highest BCUT2D eigenvalue weighted by Crippen LogP contribution is 2.37. The fraction of sp³-hybridized carbons (Fsp3) is 0.0769. The minimum absolute atomic E-state index is 0.109. The van der Waals surface area contributed by atoms with Crippen LogP contribution >= 0.6 is 27.5 Å². The highest BCUT2D eigenvalue weighted by atomic mass is 79.9. The van der Waals surface area contributed by atoms with E-state index in [-0.39, 0.29) is 11.4 Å². The molecule has 0 aliphatic carbocycles. The number of anilines is 1. The fourth-order valence-electron chi connectivity index (χ4n) is 1.49. The molecule has 0 heterocycles. The zero-order valence-corrected chi connectivity index (χ0v) is 12.2. The minimum Gasteiger partial charge on any atom is -0.454 e. The Morgan fingerprint density at radius 2 is 1.75 bits per heavy atom. The van der Waals surface area contributed by atoms with Crippen LogP contribution in [0, 0.1) is 0 Å². The van der Waals surface area contributed by atoms with E-state index in [0.717, 1.165) is 22.7 Å². The Balaban J connectivity index is 2.33. The summed E-state index contributed by atoms with van der Waals surface area (Å²) in [7, 11) is 0. The van der Waals surface area contributed by atoms with Gasteiger partial charge in [-0.1, -0.05) is 27.5 Å². The van der Waals surface area contributed by atoms with Crippen molar-refractivity contribution < 1.29 is 17.9 Å². The summed E-state index contributed by atoms with van der Waals surface area (Å²) in [6, 6.07) is 7.79. The molecule has 0 fully saturated rings. The van der Waals surface area contributed by atoms with E-state index in [9.17, 15) is 13.2 Å². The summed E-state index contributed by atoms with van der Waals surface area (Å²) in [6.07, 6.45) is -4.44. The van der Waals surface area contributed by atoms with Crippen molar-refractivity contribution in [2.75, 3.05) is 5.73 Å². The van der Waals surface area contributed by atoms with Crippen LogP contribution in [0.2, 0.25) is 5.02 Å². The van der Waals surface area contributed by atoms with E-state index in [2.05, 4.69) is 15.9 Å². The van der Waals surface area contributed by atoms with Gasteiger partial charge in [-0.05, 0) is 36.4 Å². The molecular formula is C13H8BrClF3NO. The lowest BCUT2D eigenvalue weighted by molar-refractivity contribution is -0.137. The van der Waals surface area contributed by atoms with Gasteiger partial charge in [0.25, 0.3) is 0 Å². The van der Waals surface area contributed by atoms with Gasteiger partial charge in [-0.15, -0.1) is 0 Å². The van der Waals surface area contributed by atoms with Crippen LogP contribution in [0.5, 0.6) is 11.5 Å². The van der Waals surface area contributed by atoms with Gasteiger partial charge in [0.2, 0.25) is 0 Å². The predicted octanol–water partition coefficient (Wildman–Crippen LogP) is 5.50. The second kappa shape index (κ2) is 5.54. The molecule has 0 bridgehead atoms. The monoisotopic (exact) mass is 365 g/mol. The van der Waals surface area contributed by atoms with Crippen molar-refractivity contribution in [3.8, 4) is 11.5 Å². The molecule has 0 saturated carbocycles. The van der Waals surface area contributed by atoms with E-state index in [1.807, 2.05) is 0 Å². The predicted molar refractivity (Wildman–Crippen MR) is 75.1 cm³/mol. The highest BCUT2D eigenvalue weighted by molar-refractivity contribution is 9.10. The van der Waals surface area contributed by atoms with Crippen LogP contribution in [0.3, 0.4) is 0 Å². The van der Waals surface area contributed by atoms with E-state index in [4.69, 9.17) is 22.1 Å². The van der Waals surface area contributed by atoms with Crippen molar-refractivity contribution in [3.63, 3.8) is 0 Å². The molecule has 2 nitrogen and oxygen atoms in total. The standard InChI is InChI=1S/C13H8BrClF3NO/c14-8-2-3-9(15)12(6-8)20-11-4-1-7(5-10(11)19)13(16,17)18/h1-6H,19H2. The first kappa shape index (κ1) is 15.0. The topological polar surface area (TPSA) is 35.2 Å². The number of nitrogens with two attached hydrogens (primary N) is 1. The highest BCUT2D eigenvalue weighted by Gasteiger charge is 2.31. The Morgan fingerprint density at radius 1 is 1.05 bits per heavy atom. The lowest BCUT2D eigenvalue weighted by atomic mass is 10.2. The molecule has 106 valence electrons. The summed E-state index contributed by atoms with van der Waals surface area (Å²) in [5.74, 6) is 0.408. The number of halogens is 5. The quantitative estimate of drug-likeness (QED) is 0.713. The van der Waals surface area contributed by atoms with Crippen LogP contribution in [0.15, 0.2) is 40.9 Å². The van der Waals surface area contributed by atoms with Crippen LogP contribution in [0.25, 0.3) is 0 Å². The van der Waals surface area contributed by atoms with E-state index in [0.29, 0.717) is 10.8 Å². The number of nitrogen functional groups attached to an aromatic ring is 1. The maximum atomic E-state index is 12.5. The Labute approximate surface area is 126 Å². The summed E-state index contributed by atoms with van der Waals surface area (Å²) in [6.45, 7) is 0. The van der Waals surface area contributed by atoms with Gasteiger partial charge >= 0.3 is 6.18 Å². The van der Waals surface area contributed by atoms with Crippen molar-refractivity contribution in [2.45, 2.75) is 6.18 Å². The first-order valence-corrected chi connectivity index (χ1v) is 6.54. The van der Waals surface area contributed by atoms with Crippen LogP contribution in [-0.4, -0.2) is 0 Å². The third-order valence-electron chi connectivity index (χ3n) is 2.45. The van der Waals surface area contributed by atoms with Gasteiger partial charge in [-0.2, -0.15) is 13.2 Å². The smallest absolute Gasteiger partial charge is 0.416 e. The molecule has 0 amide bonds. The second-order valence-electron chi connectivity index (χ2n) is 3.93. The molecule has 0 atom stereocenters. The van der Waals surface area contributed by atoms with E-state index < -0.39 is 11.7 Å². The maximum Gasteiger partial charge on any atom is 0.416 e. The average Bonchev–Trinajstić information content (AvgIpc) is 2.35. The van der Waals surface area contributed by atoms with Crippen LogP contribution in [0.4, 0.5) is 18.9 Å². The maximum absolute atomic E-state index is 12.5. The SMILES string of the molecule is Nc1cc(C(F)(F)F)ccc1Oc1cc(Br)ccc1Cl. The van der Waals surface area contributed by atoms with Crippen molar-refractivity contribution in [1.29, 1.82) is 0 Å². The van der Waals surface area contributed by atoms with Gasteiger partial charge in [-0.25, -0.2) is 0 Å². The number of hydrogen-bond acceptors (Lipinski definition) is 2. The van der Waals surface area contributed by atoms with Crippen molar-refractivity contribution in [3.05, 3.63) is 51.5 Å². The van der Waals surface area contributed by atoms with Gasteiger partial charge < -0.3 is 10.5 Å². The van der Waals surface area contributed by atoms with Crippen LogP contribution in [0.1, 0.15) is 5.56 Å². The van der Waals surface area contributed by atoms with E-state index >= 15 is 0 Å². The number of benzene rings is 2. The molecule has 0 aliphatic heterocycles. The molecule has 2 N–H and O–H groups in total. The molecule has 7 heteroatoms. The normalized spacial score (nSPS) is 11.4. The lowest BCUT2D eigenvalue weighted by Crippen LogP contribution is -2.06. The fourth-order valence-corrected chi connectivity index (χ4v) is 1.99. The number of rotatable bonds is 2. The molecule has 0 radical (unpaired) electrons. The number of hydrogen-bond donors (Lipinski definition) is 1. The molecule has 0 spiro atoms. The van der Waals surface area contributed by atoms with Gasteiger partial charge in [0.1, 0.15) is 11.5 Å². The largest absolute Gasteiger partial charge is 0.454 e. The third kappa shape index (κ3) is 3.37. The Hall–Kier alpha value is -1.40. The Kier molecular flexibility index (Phi) is 4.15. The second-order valence-corrected chi connectivity index (χ2v) is 5.25. The summed E-state index contributed by atoms with van der Waals surface area (Å²) < 4.78 is 43.7. The summed E-state index contributed by atoms with van der Waals surface area (Å²) in [4.78, 5) is 0. The van der Waals surface area contributed by atoms with Crippen molar-refractivity contribution in [2.24, 2.45) is 0 Å². The van der Waals surface area contributed by atoms with Gasteiger partial charge in [0, 0.05) is 4.47 Å². The Bertz CT molecular complexity index is 646. The molecule has 2 aromatic carbocycles. The van der Waals surface area contributed by atoms with Gasteiger partial charge in [0.05, 0.1) is 16.3 Å². The minimum atomic E-state index is -4.44. The van der Waals surface area contributed by atoms with Crippen molar-refractivity contribution in [1.82, 2.24) is 0 Å². The van der Waals surface area contributed by atoms with Crippen LogP contribution in [-0.2, 0) is 6.18 Å². The van der Waals surface area contributed by atoms with Gasteiger partial charge in [0.15, 0.2) is 0 Å². The molecule has 0 aliphatic rings. The molecule has 0 saturated heterocycles. The number of ether oxygens (including phenoxy) is 1. The average molecular weight is 367 g/mol. The molecule has 0 unspecified atom stereocenters. The van der Waals surface area contributed by atoms with Crippen LogP contribution < -0.4 is 10.5 Å². The summed E-state index contributed by atoms with van der Waals surface area (Å²) in [5, 5.41) is 0.326. The first-order chi connectivity index (χ1) is 9.27. The zero-order chi connectivity index (χ0) is 14.9. The first-order valence-electron chi connectivity index (χ1n) is 5.37. The van der Waals surface area contributed by atoms with Gasteiger partial charge in [-0.3, -0.25) is 0 Å². The molecule has 2 aromatic rings. The zero-order valence-electron chi connectivity index (χ0n) is 9.84. The Morgan fingerprint density at radius 3 is 2.35 bits per heavy atom. The molecule has 2 rings (SSSR count). The summed E-state index contributed by atoms with van der Waals surface area (Å²) in [5.41, 5.74) is 4.63. The lowest BCUT2D eigenvalue weighted by Gasteiger charge is -2.12. The molecular weight excluding hydrogens is 359 g/mol. The summed E-state index contributed by atoms with van der Waals surface area (Å²) >= 11 is 9.18. The molecule has 0 aromatic heterocycles. The van der Waals surface area contributed by atoms with E-state index in [1.54, 1.807) is 18.2 Å². The third-order valence-corrected chi connectivity index (χ3v) is 3.26.